The molecule has 2 fully saturated rings. The number of benzene rings is 1. The highest BCUT2D eigenvalue weighted by Crippen LogP contribution is 2.30. The van der Waals surface area contributed by atoms with E-state index in [1.165, 1.54) is 44.2 Å². The molecule has 2 aliphatic rings. The molecule has 0 atom stereocenters. The predicted molar refractivity (Wildman–Crippen MR) is 75.1 cm³/mol. The number of nitrogens with one attached hydrogen (secondary N) is 1. The minimum absolute atomic E-state index is 0.455. The van der Waals surface area contributed by atoms with Crippen LogP contribution in [0.1, 0.15) is 45.4 Å². The molecule has 0 aromatic heterocycles. The predicted octanol–water partition coefficient (Wildman–Crippen LogP) is 4.22. The molecule has 2 aliphatic carbocycles. The van der Waals surface area contributed by atoms with Gasteiger partial charge < -0.3 is 10.1 Å². The van der Waals surface area contributed by atoms with E-state index < -0.39 is 0 Å². The van der Waals surface area contributed by atoms with Crippen LogP contribution < -0.4 is 10.1 Å². The Morgan fingerprint density at radius 1 is 1.06 bits per heavy atom. The van der Waals surface area contributed by atoms with Crippen molar-refractivity contribution in [3.8, 4) is 5.75 Å². The van der Waals surface area contributed by atoms with Crippen LogP contribution in [-0.4, -0.2) is 12.1 Å². The van der Waals surface area contributed by atoms with Crippen LogP contribution in [0.3, 0.4) is 0 Å². The maximum Gasteiger partial charge on any atom is 0.119 e. The Kier molecular flexibility index (Phi) is 3.44. The third-order valence-electron chi connectivity index (χ3n) is 4.20. The smallest absolute Gasteiger partial charge is 0.119 e. The Labute approximate surface area is 110 Å². The van der Waals surface area contributed by atoms with Gasteiger partial charge >= 0.3 is 0 Å². The van der Waals surface area contributed by atoms with Gasteiger partial charge in [0.25, 0.3) is 0 Å². The van der Waals surface area contributed by atoms with Crippen molar-refractivity contribution in [2.75, 3.05) is 5.32 Å². The van der Waals surface area contributed by atoms with Crippen LogP contribution in [0.5, 0.6) is 5.75 Å². The van der Waals surface area contributed by atoms with Gasteiger partial charge in [0, 0.05) is 11.7 Å². The van der Waals surface area contributed by atoms with Gasteiger partial charge in [0.2, 0.25) is 0 Å². The van der Waals surface area contributed by atoms with Gasteiger partial charge in [0.05, 0.1) is 6.10 Å². The Hall–Kier alpha value is -1.18. The minimum atomic E-state index is 0.455. The molecule has 0 radical (unpaired) electrons. The molecule has 0 amide bonds. The molecule has 1 N–H and O–H groups in total. The molecule has 18 heavy (non-hydrogen) atoms. The monoisotopic (exact) mass is 245 g/mol. The van der Waals surface area contributed by atoms with Crippen LogP contribution in [0, 0.1) is 5.92 Å². The molecular formula is C16H23NO. The van der Waals surface area contributed by atoms with E-state index >= 15 is 0 Å². The number of hydrogen-bond acceptors (Lipinski definition) is 2. The molecule has 3 rings (SSSR count). The number of hydrogen-bond donors (Lipinski definition) is 1. The molecule has 2 nitrogen and oxygen atoms in total. The van der Waals surface area contributed by atoms with Crippen LogP contribution in [-0.2, 0) is 0 Å². The summed E-state index contributed by atoms with van der Waals surface area (Å²) in [5.74, 6) is 1.92. The van der Waals surface area contributed by atoms with Crippen LogP contribution in [0.4, 0.5) is 5.69 Å². The molecule has 0 spiro atoms. The Morgan fingerprint density at radius 2 is 1.72 bits per heavy atom. The molecule has 0 bridgehead atoms. The fraction of sp³-hybridized carbons (Fsp3) is 0.625. The Balaban J connectivity index is 1.52. The normalized spacial score (nSPS) is 27.8. The summed E-state index contributed by atoms with van der Waals surface area (Å²) in [6.45, 7) is 2.32. The molecule has 0 unspecified atom stereocenters. The molecule has 2 saturated carbocycles. The molecule has 98 valence electrons. The first-order chi connectivity index (χ1) is 8.79. The van der Waals surface area contributed by atoms with Crippen molar-refractivity contribution in [1.29, 1.82) is 0 Å². The molecular weight excluding hydrogens is 222 g/mol. The van der Waals surface area contributed by atoms with Gasteiger partial charge in [-0.05, 0) is 68.7 Å². The van der Waals surface area contributed by atoms with Crippen molar-refractivity contribution >= 4 is 5.69 Å². The minimum Gasteiger partial charge on any atom is -0.490 e. The third kappa shape index (κ3) is 2.80. The van der Waals surface area contributed by atoms with Crippen LogP contribution in [0.15, 0.2) is 24.3 Å². The standard InChI is InChI=1S/C16H23NO/c1-12-10-14(11-12)17-13-6-8-16(9-7-13)18-15-4-2-3-5-15/h6-9,12,14-15,17H,2-5,10-11H2,1H3. The van der Waals surface area contributed by atoms with Gasteiger partial charge in [-0.15, -0.1) is 0 Å². The number of rotatable bonds is 4. The van der Waals surface area contributed by atoms with Gasteiger partial charge in [0.15, 0.2) is 0 Å². The van der Waals surface area contributed by atoms with Crippen molar-refractivity contribution in [3.63, 3.8) is 0 Å². The number of ether oxygens (including phenoxy) is 1. The van der Waals surface area contributed by atoms with E-state index in [2.05, 4.69) is 36.5 Å². The topological polar surface area (TPSA) is 21.3 Å². The van der Waals surface area contributed by atoms with E-state index in [0.29, 0.717) is 12.1 Å². The lowest BCUT2D eigenvalue weighted by molar-refractivity contribution is 0.210. The summed E-state index contributed by atoms with van der Waals surface area (Å²) in [6, 6.07) is 9.17. The summed E-state index contributed by atoms with van der Waals surface area (Å²) in [5, 5.41) is 3.57. The van der Waals surface area contributed by atoms with Crippen molar-refractivity contribution in [1.82, 2.24) is 0 Å². The van der Waals surface area contributed by atoms with E-state index in [-0.39, 0.29) is 0 Å². The summed E-state index contributed by atoms with van der Waals surface area (Å²) in [6.07, 6.45) is 8.16. The second-order valence-corrected chi connectivity index (χ2v) is 5.97. The van der Waals surface area contributed by atoms with Gasteiger partial charge in [0.1, 0.15) is 5.75 Å². The molecule has 0 heterocycles. The van der Waals surface area contributed by atoms with Crippen molar-refractivity contribution in [3.05, 3.63) is 24.3 Å². The van der Waals surface area contributed by atoms with Crippen molar-refractivity contribution in [2.24, 2.45) is 5.92 Å². The lowest BCUT2D eigenvalue weighted by Gasteiger charge is -2.34. The zero-order chi connectivity index (χ0) is 12.4. The van der Waals surface area contributed by atoms with Crippen LogP contribution >= 0.6 is 0 Å². The first kappa shape index (κ1) is 11.9. The van der Waals surface area contributed by atoms with E-state index in [1.807, 2.05) is 0 Å². The zero-order valence-corrected chi connectivity index (χ0v) is 11.2. The van der Waals surface area contributed by atoms with Gasteiger partial charge in [-0.1, -0.05) is 6.92 Å². The molecule has 0 aliphatic heterocycles. The maximum absolute atomic E-state index is 5.96. The Morgan fingerprint density at radius 3 is 2.33 bits per heavy atom. The van der Waals surface area contributed by atoms with Gasteiger partial charge in [-0.25, -0.2) is 0 Å². The van der Waals surface area contributed by atoms with E-state index in [4.69, 9.17) is 4.74 Å². The second-order valence-electron chi connectivity index (χ2n) is 5.97. The molecule has 1 aromatic rings. The zero-order valence-electron chi connectivity index (χ0n) is 11.2. The van der Waals surface area contributed by atoms with Crippen molar-refractivity contribution in [2.45, 2.75) is 57.6 Å². The lowest BCUT2D eigenvalue weighted by atomic mass is 9.82. The average Bonchev–Trinajstić information content (AvgIpc) is 2.82. The summed E-state index contributed by atoms with van der Waals surface area (Å²) in [7, 11) is 0. The van der Waals surface area contributed by atoms with Gasteiger partial charge in [-0.3, -0.25) is 0 Å². The highest BCUT2D eigenvalue weighted by atomic mass is 16.5. The summed E-state index contributed by atoms with van der Waals surface area (Å²) in [5.41, 5.74) is 1.23. The highest BCUT2D eigenvalue weighted by molar-refractivity contribution is 5.47. The van der Waals surface area contributed by atoms with Crippen LogP contribution in [0.2, 0.25) is 0 Å². The fourth-order valence-corrected chi connectivity index (χ4v) is 3.08. The lowest BCUT2D eigenvalue weighted by Crippen LogP contribution is -2.33. The van der Waals surface area contributed by atoms with Gasteiger partial charge in [-0.2, -0.15) is 0 Å². The first-order valence-corrected chi connectivity index (χ1v) is 7.33. The molecule has 0 saturated heterocycles. The summed E-state index contributed by atoms with van der Waals surface area (Å²) >= 11 is 0. The second kappa shape index (κ2) is 5.21. The first-order valence-electron chi connectivity index (χ1n) is 7.33. The summed E-state index contributed by atoms with van der Waals surface area (Å²) in [4.78, 5) is 0. The van der Waals surface area contributed by atoms with Crippen molar-refractivity contribution < 1.29 is 4.74 Å². The Bertz CT molecular complexity index is 375. The largest absolute Gasteiger partial charge is 0.490 e. The maximum atomic E-state index is 5.96. The van der Waals surface area contributed by atoms with E-state index in [1.54, 1.807) is 0 Å². The molecule has 2 heteroatoms. The SMILES string of the molecule is CC1CC(Nc2ccc(OC3CCCC3)cc2)C1. The highest BCUT2D eigenvalue weighted by Gasteiger charge is 2.24. The summed E-state index contributed by atoms with van der Waals surface area (Å²) < 4.78 is 5.96. The van der Waals surface area contributed by atoms with E-state index in [0.717, 1.165) is 11.7 Å². The van der Waals surface area contributed by atoms with E-state index in [9.17, 15) is 0 Å². The van der Waals surface area contributed by atoms with Crippen LogP contribution in [0.25, 0.3) is 0 Å². The quantitative estimate of drug-likeness (QED) is 0.857. The molecule has 1 aromatic carbocycles. The fourth-order valence-electron chi connectivity index (χ4n) is 3.08. The average molecular weight is 245 g/mol. The third-order valence-corrected chi connectivity index (χ3v) is 4.20. The number of anilines is 1.